The van der Waals surface area contributed by atoms with Crippen LogP contribution in [0.5, 0.6) is 0 Å². The molecule has 1 aliphatic heterocycles. The second kappa shape index (κ2) is 15.6. The molecule has 0 bridgehead atoms. The van der Waals surface area contributed by atoms with Crippen LogP contribution in [0, 0.1) is 0 Å². The molecule has 2 amide bonds. The number of aldehydes is 1. The maximum atomic E-state index is 12.2. The van der Waals surface area contributed by atoms with E-state index in [1.54, 1.807) is 11.8 Å². The molecule has 5 nitrogen and oxygen atoms in total. The maximum Gasteiger partial charge on any atom is 0.243 e. The number of thioether (sulfide) groups is 1. The Labute approximate surface area is 205 Å². The van der Waals surface area contributed by atoms with Crippen LogP contribution in [0.25, 0.3) is 0 Å². The largest absolute Gasteiger partial charge is 0.298 e. The Bertz CT molecular complexity index is 744. The molecule has 0 radical (unpaired) electrons. The highest BCUT2D eigenvalue weighted by atomic mass is 79.9. The average Bonchev–Trinajstić information content (AvgIpc) is 2.78. The summed E-state index contributed by atoms with van der Waals surface area (Å²) in [5.74, 6) is 0.575. The summed E-state index contributed by atoms with van der Waals surface area (Å²) in [7, 11) is 1.88. The minimum atomic E-state index is -0.343. The van der Waals surface area contributed by atoms with Crippen molar-refractivity contribution >= 4 is 45.8 Å². The van der Waals surface area contributed by atoms with Gasteiger partial charge < -0.3 is 0 Å². The lowest BCUT2D eigenvalue weighted by Crippen LogP contribution is -2.51. The Morgan fingerprint density at radius 1 is 1.06 bits per heavy atom. The molecule has 1 fully saturated rings. The van der Waals surface area contributed by atoms with Crippen molar-refractivity contribution in [1.29, 1.82) is 0 Å². The van der Waals surface area contributed by atoms with E-state index in [1.807, 2.05) is 24.1 Å². The van der Waals surface area contributed by atoms with Crippen molar-refractivity contribution in [2.45, 2.75) is 88.1 Å². The summed E-state index contributed by atoms with van der Waals surface area (Å²) in [6.07, 6.45) is 13.5. The molecule has 0 spiro atoms. The van der Waals surface area contributed by atoms with Crippen LogP contribution >= 0.6 is 27.7 Å². The summed E-state index contributed by atoms with van der Waals surface area (Å²) < 4.78 is 0. The van der Waals surface area contributed by atoms with Gasteiger partial charge in [-0.1, -0.05) is 73.0 Å². The number of hydrogen-bond donors (Lipinski definition) is 1. The molecule has 1 aromatic rings. The van der Waals surface area contributed by atoms with Gasteiger partial charge in [0.25, 0.3) is 0 Å². The van der Waals surface area contributed by atoms with E-state index in [0.717, 1.165) is 27.8 Å². The SMILES string of the molecule is CN(Cc1c(C=O)cccc1SCCCCCCCCCCCBr)C1CCC(=O)NC1=O. The number of amides is 2. The van der Waals surface area contributed by atoms with Crippen LogP contribution in [0.3, 0.4) is 0 Å². The number of alkyl halides is 1. The summed E-state index contributed by atoms with van der Waals surface area (Å²) in [6.45, 7) is 0.513. The molecule has 0 saturated carbocycles. The van der Waals surface area contributed by atoms with Crippen molar-refractivity contribution in [3.63, 3.8) is 0 Å². The van der Waals surface area contributed by atoms with Crippen molar-refractivity contribution < 1.29 is 14.4 Å². The van der Waals surface area contributed by atoms with E-state index in [1.165, 1.54) is 57.8 Å². The average molecular weight is 526 g/mol. The van der Waals surface area contributed by atoms with Crippen molar-refractivity contribution in [2.24, 2.45) is 0 Å². The van der Waals surface area contributed by atoms with Gasteiger partial charge in [-0.15, -0.1) is 11.8 Å². The van der Waals surface area contributed by atoms with E-state index in [4.69, 9.17) is 0 Å². The van der Waals surface area contributed by atoms with Crippen molar-refractivity contribution in [1.82, 2.24) is 10.2 Å². The number of hydrogen-bond acceptors (Lipinski definition) is 5. The molecule has 2 rings (SSSR count). The molecular formula is C25H37BrN2O3S. The molecule has 7 heteroatoms. The number of carbonyl (C=O) groups is 3. The zero-order valence-corrected chi connectivity index (χ0v) is 21.6. The fourth-order valence-corrected chi connectivity index (χ4v) is 5.57. The van der Waals surface area contributed by atoms with Gasteiger partial charge in [0.15, 0.2) is 0 Å². The number of nitrogens with zero attached hydrogens (tertiary/aromatic N) is 1. The number of benzene rings is 1. The molecule has 1 heterocycles. The van der Waals surface area contributed by atoms with Crippen molar-refractivity contribution in [2.75, 3.05) is 18.1 Å². The van der Waals surface area contributed by atoms with Crippen LogP contribution < -0.4 is 5.32 Å². The van der Waals surface area contributed by atoms with Crippen LogP contribution in [0.1, 0.15) is 86.6 Å². The smallest absolute Gasteiger partial charge is 0.243 e. The van der Waals surface area contributed by atoms with Gasteiger partial charge in [0, 0.05) is 28.8 Å². The van der Waals surface area contributed by atoms with Crippen LogP contribution in [-0.4, -0.2) is 47.2 Å². The third-order valence-corrected chi connectivity index (χ3v) is 7.73. The highest BCUT2D eigenvalue weighted by Gasteiger charge is 2.30. The first-order valence-corrected chi connectivity index (χ1v) is 14.0. The molecule has 0 aromatic heterocycles. The molecule has 178 valence electrons. The normalized spacial score (nSPS) is 16.4. The molecule has 32 heavy (non-hydrogen) atoms. The number of piperidine rings is 1. The van der Waals surface area contributed by atoms with Crippen LogP contribution in [0.15, 0.2) is 23.1 Å². The third-order valence-electron chi connectivity index (χ3n) is 5.98. The van der Waals surface area contributed by atoms with Crippen LogP contribution in [-0.2, 0) is 16.1 Å². The number of rotatable bonds is 16. The molecule has 1 atom stereocenters. The number of imide groups is 1. The van der Waals surface area contributed by atoms with E-state index >= 15 is 0 Å². The highest BCUT2D eigenvalue weighted by molar-refractivity contribution is 9.09. The third kappa shape index (κ3) is 9.36. The molecule has 1 aromatic carbocycles. The Balaban J connectivity index is 1.78. The molecule has 0 aliphatic carbocycles. The molecule has 1 N–H and O–H groups in total. The van der Waals surface area contributed by atoms with Crippen molar-refractivity contribution in [3.8, 4) is 0 Å². The quantitative estimate of drug-likeness (QED) is 0.0981. The van der Waals surface area contributed by atoms with Crippen molar-refractivity contribution in [3.05, 3.63) is 29.3 Å². The van der Waals surface area contributed by atoms with E-state index in [9.17, 15) is 14.4 Å². The summed E-state index contributed by atoms with van der Waals surface area (Å²) in [6, 6.07) is 5.49. The highest BCUT2D eigenvalue weighted by Crippen LogP contribution is 2.28. The first-order chi connectivity index (χ1) is 15.6. The minimum Gasteiger partial charge on any atom is -0.298 e. The van der Waals surface area contributed by atoms with Gasteiger partial charge in [-0.2, -0.15) is 0 Å². The monoisotopic (exact) mass is 524 g/mol. The zero-order chi connectivity index (χ0) is 23.2. The second-order valence-electron chi connectivity index (χ2n) is 8.54. The predicted octanol–water partition coefficient (Wildman–Crippen LogP) is 5.73. The number of nitrogens with one attached hydrogen (secondary N) is 1. The maximum absolute atomic E-state index is 12.2. The second-order valence-corrected chi connectivity index (χ2v) is 10.5. The fourth-order valence-electron chi connectivity index (χ4n) is 4.08. The first-order valence-electron chi connectivity index (χ1n) is 11.9. The Morgan fingerprint density at radius 2 is 1.72 bits per heavy atom. The van der Waals surface area contributed by atoms with Gasteiger partial charge in [-0.3, -0.25) is 24.6 Å². The summed E-state index contributed by atoms with van der Waals surface area (Å²) in [4.78, 5) is 38.4. The predicted molar refractivity (Wildman–Crippen MR) is 136 cm³/mol. The van der Waals surface area contributed by atoms with Gasteiger partial charge in [-0.25, -0.2) is 0 Å². The standard InChI is InChI=1S/C25H37BrN2O3S/c1-28(22-14-15-24(30)27-25(22)31)18-21-20(19-29)12-11-13-23(21)32-17-10-8-6-4-2-3-5-7-9-16-26/h11-13,19,22H,2-10,14-18H2,1H3,(H,27,30,31). The lowest BCUT2D eigenvalue weighted by molar-refractivity contribution is -0.137. The van der Waals surface area contributed by atoms with Gasteiger partial charge in [0.2, 0.25) is 11.8 Å². The summed E-state index contributed by atoms with van der Waals surface area (Å²) >= 11 is 5.28. The van der Waals surface area contributed by atoms with E-state index < -0.39 is 0 Å². The number of unbranched alkanes of at least 4 members (excludes halogenated alkanes) is 8. The lowest BCUT2D eigenvalue weighted by Gasteiger charge is -2.30. The van der Waals surface area contributed by atoms with E-state index in [-0.39, 0.29) is 17.9 Å². The number of carbonyl (C=O) groups excluding carboxylic acids is 3. The van der Waals surface area contributed by atoms with E-state index in [2.05, 4.69) is 27.3 Å². The minimum absolute atomic E-state index is 0.209. The van der Waals surface area contributed by atoms with Gasteiger partial charge in [-0.05, 0) is 43.7 Å². The molecule has 1 unspecified atom stereocenters. The van der Waals surface area contributed by atoms with E-state index in [0.29, 0.717) is 24.9 Å². The molecule has 1 saturated heterocycles. The summed E-state index contributed by atoms with van der Waals surface area (Å²) in [5, 5.41) is 3.54. The molecule has 1 aliphatic rings. The number of halogens is 1. The fraction of sp³-hybridized carbons (Fsp3) is 0.640. The van der Waals surface area contributed by atoms with Crippen LogP contribution in [0.4, 0.5) is 0 Å². The van der Waals surface area contributed by atoms with Gasteiger partial charge in [0.05, 0.1) is 6.04 Å². The lowest BCUT2D eigenvalue weighted by atomic mass is 10.0. The number of likely N-dealkylation sites (N-methyl/N-ethyl adjacent to an activating group) is 1. The zero-order valence-electron chi connectivity index (χ0n) is 19.2. The molecular weight excluding hydrogens is 488 g/mol. The Morgan fingerprint density at radius 3 is 2.34 bits per heavy atom. The van der Waals surface area contributed by atoms with Gasteiger partial charge in [0.1, 0.15) is 6.29 Å². The van der Waals surface area contributed by atoms with Gasteiger partial charge >= 0.3 is 0 Å². The topological polar surface area (TPSA) is 66.5 Å². The Kier molecular flexibility index (Phi) is 13.2. The summed E-state index contributed by atoms with van der Waals surface area (Å²) in [5.41, 5.74) is 1.65. The Hall–Kier alpha value is -1.18. The van der Waals surface area contributed by atoms with Crippen LogP contribution in [0.2, 0.25) is 0 Å². The first kappa shape index (κ1) is 27.1.